The molecule has 2 nitrogen and oxygen atoms in total. The fourth-order valence-corrected chi connectivity index (χ4v) is 2.56. The Morgan fingerprint density at radius 2 is 1.67 bits per heavy atom. The maximum atomic E-state index is 13.0. The van der Waals surface area contributed by atoms with E-state index in [9.17, 15) is 8.78 Å². The summed E-state index contributed by atoms with van der Waals surface area (Å²) in [5, 5.41) is 0. The van der Waals surface area contributed by atoms with E-state index in [4.69, 9.17) is 10.5 Å². The summed E-state index contributed by atoms with van der Waals surface area (Å²) in [5.41, 5.74) is 5.81. The molecule has 1 aliphatic rings. The largest absolute Gasteiger partial charge is 0.493 e. The predicted molar refractivity (Wildman–Crippen MR) is 66.4 cm³/mol. The van der Waals surface area contributed by atoms with Crippen molar-refractivity contribution in [2.75, 3.05) is 13.2 Å². The molecule has 0 heterocycles. The molecule has 0 radical (unpaired) electrons. The fourth-order valence-electron chi connectivity index (χ4n) is 2.56. The SMILES string of the molecule is NCC1(COc2cc(F)cc(F)c2)CCCCC1. The van der Waals surface area contributed by atoms with Crippen LogP contribution in [0, 0.1) is 17.0 Å². The number of halogens is 2. The summed E-state index contributed by atoms with van der Waals surface area (Å²) in [7, 11) is 0. The van der Waals surface area contributed by atoms with Crippen molar-refractivity contribution in [3.63, 3.8) is 0 Å². The first-order valence-corrected chi connectivity index (χ1v) is 6.43. The zero-order valence-electron chi connectivity index (χ0n) is 10.4. The third-order valence-electron chi connectivity index (χ3n) is 3.73. The van der Waals surface area contributed by atoms with Crippen LogP contribution in [0.2, 0.25) is 0 Å². The van der Waals surface area contributed by atoms with Gasteiger partial charge >= 0.3 is 0 Å². The van der Waals surface area contributed by atoms with Crippen LogP contribution in [-0.2, 0) is 0 Å². The fraction of sp³-hybridized carbons (Fsp3) is 0.571. The molecule has 0 spiro atoms. The van der Waals surface area contributed by atoms with Gasteiger partial charge in [0.25, 0.3) is 0 Å². The molecular formula is C14H19F2NO. The van der Waals surface area contributed by atoms with E-state index in [1.165, 1.54) is 18.6 Å². The highest BCUT2D eigenvalue weighted by molar-refractivity contribution is 5.23. The summed E-state index contributed by atoms with van der Waals surface area (Å²) in [6.45, 7) is 0.997. The van der Waals surface area contributed by atoms with E-state index in [1.807, 2.05) is 0 Å². The molecule has 0 aromatic heterocycles. The quantitative estimate of drug-likeness (QED) is 0.896. The number of nitrogens with two attached hydrogens (primary N) is 1. The van der Waals surface area contributed by atoms with Crippen molar-refractivity contribution in [2.24, 2.45) is 11.1 Å². The van der Waals surface area contributed by atoms with E-state index in [1.54, 1.807) is 0 Å². The molecule has 0 atom stereocenters. The van der Waals surface area contributed by atoms with Gasteiger partial charge in [0.05, 0.1) is 6.61 Å². The molecule has 1 saturated carbocycles. The maximum absolute atomic E-state index is 13.0. The van der Waals surface area contributed by atoms with Crippen molar-refractivity contribution in [3.05, 3.63) is 29.8 Å². The molecule has 1 fully saturated rings. The molecule has 1 aromatic carbocycles. The van der Waals surface area contributed by atoms with Gasteiger partial charge in [-0.3, -0.25) is 0 Å². The van der Waals surface area contributed by atoms with Gasteiger partial charge in [-0.2, -0.15) is 0 Å². The zero-order chi connectivity index (χ0) is 13.0. The normalized spacial score (nSPS) is 18.6. The Bertz CT molecular complexity index is 383. The average Bonchev–Trinajstić information content (AvgIpc) is 2.36. The lowest BCUT2D eigenvalue weighted by molar-refractivity contribution is 0.105. The monoisotopic (exact) mass is 255 g/mol. The number of hydrogen-bond acceptors (Lipinski definition) is 2. The van der Waals surface area contributed by atoms with E-state index in [0.717, 1.165) is 31.7 Å². The van der Waals surface area contributed by atoms with Crippen molar-refractivity contribution >= 4 is 0 Å². The molecule has 4 heteroatoms. The zero-order valence-corrected chi connectivity index (χ0v) is 10.4. The van der Waals surface area contributed by atoms with Gasteiger partial charge in [0.1, 0.15) is 17.4 Å². The highest BCUT2D eigenvalue weighted by Crippen LogP contribution is 2.35. The first-order valence-electron chi connectivity index (χ1n) is 6.43. The van der Waals surface area contributed by atoms with Crippen LogP contribution >= 0.6 is 0 Å². The Kier molecular flexibility index (Phi) is 4.17. The Morgan fingerprint density at radius 1 is 1.06 bits per heavy atom. The molecule has 0 bridgehead atoms. The van der Waals surface area contributed by atoms with E-state index in [2.05, 4.69) is 0 Å². The number of rotatable bonds is 4. The Morgan fingerprint density at radius 3 is 2.22 bits per heavy atom. The summed E-state index contributed by atoms with van der Waals surface area (Å²) in [4.78, 5) is 0. The second-order valence-electron chi connectivity index (χ2n) is 5.16. The van der Waals surface area contributed by atoms with Crippen LogP contribution in [0.1, 0.15) is 32.1 Å². The minimum Gasteiger partial charge on any atom is -0.493 e. The van der Waals surface area contributed by atoms with Crippen molar-refractivity contribution in [1.29, 1.82) is 0 Å². The topological polar surface area (TPSA) is 35.2 Å². The minimum atomic E-state index is -0.615. The van der Waals surface area contributed by atoms with E-state index < -0.39 is 11.6 Å². The molecule has 0 unspecified atom stereocenters. The standard InChI is InChI=1S/C14H19F2NO/c15-11-6-12(16)8-13(7-11)18-10-14(9-17)4-2-1-3-5-14/h6-8H,1-5,9-10,17H2. The predicted octanol–water partition coefficient (Wildman–Crippen LogP) is 3.25. The molecular weight excluding hydrogens is 236 g/mol. The van der Waals surface area contributed by atoms with Crippen molar-refractivity contribution in [1.82, 2.24) is 0 Å². The van der Waals surface area contributed by atoms with Crippen LogP contribution in [0.4, 0.5) is 8.78 Å². The van der Waals surface area contributed by atoms with Crippen molar-refractivity contribution < 1.29 is 13.5 Å². The van der Waals surface area contributed by atoms with E-state index in [0.29, 0.717) is 13.2 Å². The van der Waals surface area contributed by atoms with E-state index >= 15 is 0 Å². The van der Waals surface area contributed by atoms with Gasteiger partial charge in [0.2, 0.25) is 0 Å². The highest BCUT2D eigenvalue weighted by atomic mass is 19.1. The lowest BCUT2D eigenvalue weighted by atomic mass is 9.75. The lowest BCUT2D eigenvalue weighted by Gasteiger charge is -2.35. The van der Waals surface area contributed by atoms with Crippen LogP contribution in [0.3, 0.4) is 0 Å². The van der Waals surface area contributed by atoms with Gasteiger partial charge < -0.3 is 10.5 Å². The maximum Gasteiger partial charge on any atom is 0.129 e. The first-order chi connectivity index (χ1) is 8.63. The minimum absolute atomic E-state index is 0.0267. The molecule has 2 N–H and O–H groups in total. The van der Waals surface area contributed by atoms with Crippen LogP contribution < -0.4 is 10.5 Å². The molecule has 1 aliphatic carbocycles. The average molecular weight is 255 g/mol. The van der Waals surface area contributed by atoms with Crippen LogP contribution in [0.15, 0.2) is 18.2 Å². The number of benzene rings is 1. The number of hydrogen-bond donors (Lipinski definition) is 1. The Labute approximate surface area is 106 Å². The molecule has 0 amide bonds. The third kappa shape index (κ3) is 3.19. The first kappa shape index (κ1) is 13.3. The molecule has 0 saturated heterocycles. The van der Waals surface area contributed by atoms with Crippen LogP contribution in [0.5, 0.6) is 5.75 Å². The number of ether oxygens (including phenoxy) is 1. The van der Waals surface area contributed by atoms with Gasteiger partial charge in [-0.05, 0) is 12.8 Å². The van der Waals surface area contributed by atoms with Gasteiger partial charge in [-0.25, -0.2) is 8.78 Å². The van der Waals surface area contributed by atoms with Crippen molar-refractivity contribution in [3.8, 4) is 5.75 Å². The summed E-state index contributed by atoms with van der Waals surface area (Å²) in [5.74, 6) is -0.989. The second kappa shape index (κ2) is 5.65. The van der Waals surface area contributed by atoms with Crippen LogP contribution in [0.25, 0.3) is 0 Å². The molecule has 2 rings (SSSR count). The molecule has 1 aromatic rings. The lowest BCUT2D eigenvalue weighted by Crippen LogP contribution is -2.38. The van der Waals surface area contributed by atoms with Gasteiger partial charge in [0.15, 0.2) is 0 Å². The van der Waals surface area contributed by atoms with Crippen molar-refractivity contribution in [2.45, 2.75) is 32.1 Å². The Hall–Kier alpha value is -1.16. The molecule has 100 valence electrons. The third-order valence-corrected chi connectivity index (χ3v) is 3.73. The smallest absolute Gasteiger partial charge is 0.129 e. The summed E-state index contributed by atoms with van der Waals surface area (Å²) >= 11 is 0. The highest BCUT2D eigenvalue weighted by Gasteiger charge is 2.31. The molecule has 0 aliphatic heterocycles. The van der Waals surface area contributed by atoms with Gasteiger partial charge in [0, 0.05) is 30.2 Å². The van der Waals surface area contributed by atoms with Gasteiger partial charge in [-0.1, -0.05) is 19.3 Å². The van der Waals surface area contributed by atoms with E-state index in [-0.39, 0.29) is 11.2 Å². The summed E-state index contributed by atoms with van der Waals surface area (Å²) in [6, 6.07) is 3.25. The van der Waals surface area contributed by atoms with Crippen LogP contribution in [-0.4, -0.2) is 13.2 Å². The van der Waals surface area contributed by atoms with Gasteiger partial charge in [-0.15, -0.1) is 0 Å². The Balaban J connectivity index is 2.00. The summed E-state index contributed by atoms with van der Waals surface area (Å²) < 4.78 is 31.6. The summed E-state index contributed by atoms with van der Waals surface area (Å²) in [6.07, 6.45) is 5.59. The second-order valence-corrected chi connectivity index (χ2v) is 5.16. The molecule has 18 heavy (non-hydrogen) atoms.